The molecule has 98 valence electrons. The molecule has 2 fully saturated rings. The fourth-order valence-electron chi connectivity index (χ4n) is 3.08. The zero-order valence-corrected chi connectivity index (χ0v) is 11.1. The van der Waals surface area contributed by atoms with Crippen molar-refractivity contribution in [1.29, 1.82) is 0 Å². The van der Waals surface area contributed by atoms with E-state index in [9.17, 15) is 4.79 Å². The van der Waals surface area contributed by atoms with Gasteiger partial charge < -0.3 is 19.9 Å². The Morgan fingerprint density at radius 2 is 1.76 bits per heavy atom. The van der Waals surface area contributed by atoms with Gasteiger partial charge in [-0.25, -0.2) is 0 Å². The molecule has 0 bridgehead atoms. The number of likely N-dealkylation sites (N-methyl/N-ethyl adjacent to an activating group) is 1. The van der Waals surface area contributed by atoms with Gasteiger partial charge in [0.15, 0.2) is 0 Å². The van der Waals surface area contributed by atoms with Crippen molar-refractivity contribution in [1.82, 2.24) is 15.1 Å². The second-order valence-corrected chi connectivity index (χ2v) is 5.59. The van der Waals surface area contributed by atoms with Crippen LogP contribution in [0.2, 0.25) is 0 Å². The zero-order chi connectivity index (χ0) is 12.3. The van der Waals surface area contributed by atoms with Gasteiger partial charge in [0.2, 0.25) is 0 Å². The van der Waals surface area contributed by atoms with Crippen molar-refractivity contribution in [2.24, 2.45) is 0 Å². The number of hydrogen-bond donors (Lipinski definition) is 1. The van der Waals surface area contributed by atoms with Crippen LogP contribution in [0.15, 0.2) is 0 Å². The van der Waals surface area contributed by atoms with Gasteiger partial charge in [0.25, 0.3) is 0 Å². The Morgan fingerprint density at radius 3 is 2.24 bits per heavy atom. The highest BCUT2D eigenvalue weighted by Gasteiger charge is 2.35. The van der Waals surface area contributed by atoms with E-state index >= 15 is 0 Å². The Bertz CT molecular complexity index is 253. The molecule has 2 aliphatic heterocycles. The van der Waals surface area contributed by atoms with Crippen molar-refractivity contribution in [3.63, 3.8) is 0 Å². The number of likely N-dealkylation sites (tertiary alicyclic amines) is 2. The standard InChI is InChI=1S/C13H25N3O/c1-14-13(11-17)5-9-16(10-6-13)12-3-7-15(2)8-4-12/h11-12,14H,3-10H2,1-2H3. The van der Waals surface area contributed by atoms with Crippen molar-refractivity contribution in [3.8, 4) is 0 Å². The summed E-state index contributed by atoms with van der Waals surface area (Å²) in [4.78, 5) is 16.1. The molecule has 2 saturated heterocycles. The Hall–Kier alpha value is -0.450. The van der Waals surface area contributed by atoms with E-state index in [0.717, 1.165) is 38.3 Å². The first-order valence-electron chi connectivity index (χ1n) is 6.77. The summed E-state index contributed by atoms with van der Waals surface area (Å²) < 4.78 is 0. The lowest BCUT2D eigenvalue weighted by atomic mass is 9.87. The topological polar surface area (TPSA) is 35.6 Å². The molecule has 0 aromatic rings. The van der Waals surface area contributed by atoms with Crippen LogP contribution in [0.25, 0.3) is 0 Å². The van der Waals surface area contributed by atoms with Crippen LogP contribution in [0.4, 0.5) is 0 Å². The number of nitrogens with one attached hydrogen (secondary N) is 1. The first-order chi connectivity index (χ1) is 8.19. The molecule has 0 aromatic heterocycles. The molecule has 4 nitrogen and oxygen atoms in total. The molecule has 17 heavy (non-hydrogen) atoms. The molecule has 0 saturated carbocycles. The SMILES string of the molecule is CNC1(C=O)CCN(C2CCN(C)CC2)CC1. The Balaban J connectivity index is 1.84. The number of nitrogens with zero attached hydrogens (tertiary/aromatic N) is 2. The summed E-state index contributed by atoms with van der Waals surface area (Å²) in [6, 6.07) is 0.743. The van der Waals surface area contributed by atoms with Crippen LogP contribution in [0.5, 0.6) is 0 Å². The second-order valence-electron chi connectivity index (χ2n) is 5.59. The minimum atomic E-state index is -0.248. The molecule has 2 rings (SSSR count). The number of carbonyl (C=O) groups is 1. The molecule has 0 radical (unpaired) electrons. The van der Waals surface area contributed by atoms with Crippen molar-refractivity contribution in [2.75, 3.05) is 40.3 Å². The van der Waals surface area contributed by atoms with Gasteiger partial charge in [-0.1, -0.05) is 0 Å². The molecular weight excluding hydrogens is 214 g/mol. The molecule has 0 amide bonds. The predicted octanol–water partition coefficient (Wildman–Crippen LogP) is 0.334. The predicted molar refractivity (Wildman–Crippen MR) is 69.2 cm³/mol. The summed E-state index contributed by atoms with van der Waals surface area (Å²) in [6.45, 7) is 4.56. The third-order valence-corrected chi connectivity index (χ3v) is 4.62. The van der Waals surface area contributed by atoms with Gasteiger partial charge in [-0.2, -0.15) is 0 Å². The van der Waals surface area contributed by atoms with Crippen molar-refractivity contribution >= 4 is 6.29 Å². The number of aldehydes is 1. The average molecular weight is 239 g/mol. The Morgan fingerprint density at radius 1 is 1.18 bits per heavy atom. The number of carbonyl (C=O) groups excluding carboxylic acids is 1. The first-order valence-corrected chi connectivity index (χ1v) is 6.77. The lowest BCUT2D eigenvalue weighted by Crippen LogP contribution is -2.56. The highest BCUT2D eigenvalue weighted by atomic mass is 16.1. The maximum Gasteiger partial charge on any atom is 0.140 e. The fourth-order valence-corrected chi connectivity index (χ4v) is 3.08. The number of rotatable bonds is 3. The van der Waals surface area contributed by atoms with E-state index < -0.39 is 0 Å². The second kappa shape index (κ2) is 5.46. The normalized spacial score (nSPS) is 28.1. The lowest BCUT2D eigenvalue weighted by Gasteiger charge is -2.44. The van der Waals surface area contributed by atoms with Gasteiger partial charge in [-0.3, -0.25) is 0 Å². The number of piperidine rings is 2. The quantitative estimate of drug-likeness (QED) is 0.720. The molecule has 1 N–H and O–H groups in total. The molecule has 0 unspecified atom stereocenters. The van der Waals surface area contributed by atoms with Crippen LogP contribution in [0, 0.1) is 0 Å². The number of hydrogen-bond acceptors (Lipinski definition) is 4. The zero-order valence-electron chi connectivity index (χ0n) is 11.1. The minimum Gasteiger partial charge on any atom is -0.308 e. The van der Waals surface area contributed by atoms with Crippen molar-refractivity contribution in [2.45, 2.75) is 37.3 Å². The van der Waals surface area contributed by atoms with Gasteiger partial charge in [0.05, 0.1) is 5.54 Å². The van der Waals surface area contributed by atoms with E-state index in [2.05, 4.69) is 22.2 Å². The lowest BCUT2D eigenvalue weighted by molar-refractivity contribution is -0.115. The molecule has 4 heteroatoms. The van der Waals surface area contributed by atoms with E-state index in [0.29, 0.717) is 0 Å². The van der Waals surface area contributed by atoms with Crippen LogP contribution in [0.3, 0.4) is 0 Å². The van der Waals surface area contributed by atoms with Gasteiger partial charge in [0.1, 0.15) is 6.29 Å². The summed E-state index contributed by atoms with van der Waals surface area (Å²) in [5.41, 5.74) is -0.248. The van der Waals surface area contributed by atoms with Crippen LogP contribution in [0.1, 0.15) is 25.7 Å². The molecule has 0 spiro atoms. The van der Waals surface area contributed by atoms with E-state index in [1.807, 2.05) is 7.05 Å². The summed E-state index contributed by atoms with van der Waals surface area (Å²) in [6.07, 6.45) is 5.59. The van der Waals surface area contributed by atoms with Crippen LogP contribution >= 0.6 is 0 Å². The van der Waals surface area contributed by atoms with Crippen LogP contribution in [-0.2, 0) is 4.79 Å². The highest BCUT2D eigenvalue weighted by molar-refractivity contribution is 5.64. The summed E-state index contributed by atoms with van der Waals surface area (Å²) in [5, 5.41) is 3.19. The van der Waals surface area contributed by atoms with E-state index in [-0.39, 0.29) is 5.54 Å². The van der Waals surface area contributed by atoms with E-state index in [1.54, 1.807) is 0 Å². The molecular formula is C13H25N3O. The molecule has 0 aromatic carbocycles. The summed E-state index contributed by atoms with van der Waals surface area (Å²) >= 11 is 0. The van der Waals surface area contributed by atoms with Gasteiger partial charge in [-0.15, -0.1) is 0 Å². The van der Waals surface area contributed by atoms with E-state index in [1.165, 1.54) is 25.9 Å². The third-order valence-electron chi connectivity index (χ3n) is 4.62. The molecule has 0 atom stereocenters. The maximum atomic E-state index is 11.2. The Labute approximate surface area is 104 Å². The van der Waals surface area contributed by atoms with E-state index in [4.69, 9.17) is 0 Å². The Kier molecular flexibility index (Phi) is 4.17. The average Bonchev–Trinajstić information content (AvgIpc) is 2.40. The van der Waals surface area contributed by atoms with Crippen LogP contribution < -0.4 is 5.32 Å². The molecule has 2 aliphatic rings. The summed E-state index contributed by atoms with van der Waals surface area (Å²) in [5.74, 6) is 0. The van der Waals surface area contributed by atoms with Crippen molar-refractivity contribution in [3.05, 3.63) is 0 Å². The fraction of sp³-hybridized carbons (Fsp3) is 0.923. The smallest absolute Gasteiger partial charge is 0.140 e. The maximum absolute atomic E-state index is 11.2. The van der Waals surface area contributed by atoms with Crippen molar-refractivity contribution < 1.29 is 4.79 Å². The van der Waals surface area contributed by atoms with Gasteiger partial charge in [0, 0.05) is 19.1 Å². The van der Waals surface area contributed by atoms with Gasteiger partial charge >= 0.3 is 0 Å². The molecule has 0 aliphatic carbocycles. The third kappa shape index (κ3) is 2.87. The van der Waals surface area contributed by atoms with Gasteiger partial charge in [-0.05, 0) is 52.9 Å². The highest BCUT2D eigenvalue weighted by Crippen LogP contribution is 2.24. The molecule has 2 heterocycles. The largest absolute Gasteiger partial charge is 0.308 e. The first kappa shape index (κ1) is 13.0. The summed E-state index contributed by atoms with van der Waals surface area (Å²) in [7, 11) is 4.10. The monoisotopic (exact) mass is 239 g/mol. The minimum absolute atomic E-state index is 0.248. The van der Waals surface area contributed by atoms with Crippen LogP contribution in [-0.4, -0.2) is 67.9 Å².